The van der Waals surface area contributed by atoms with Crippen molar-refractivity contribution in [3.8, 4) is 17.5 Å². The van der Waals surface area contributed by atoms with Crippen molar-refractivity contribution in [3.63, 3.8) is 0 Å². The van der Waals surface area contributed by atoms with Crippen LogP contribution in [0.5, 0.6) is 0 Å². The molecule has 0 radical (unpaired) electrons. The Morgan fingerprint density at radius 3 is 1.70 bits per heavy atom. The van der Waals surface area contributed by atoms with E-state index in [-0.39, 0.29) is 5.56 Å². The monoisotopic (exact) mass is 333 g/mol. The number of rotatable bonds is 4. The highest BCUT2D eigenvalue weighted by molar-refractivity contribution is 6.90. The SMILES string of the molecule is CC(C)[Si](C#CC(F)(F)c1ccc(C#N)cc1)(C(C)C)C(C)C. The number of hydrogen-bond acceptors (Lipinski definition) is 1. The molecule has 0 aliphatic carbocycles. The smallest absolute Gasteiger partial charge is 0.192 e. The van der Waals surface area contributed by atoms with Crippen molar-refractivity contribution in [2.75, 3.05) is 0 Å². The zero-order chi connectivity index (χ0) is 17.8. The molecular weight excluding hydrogens is 308 g/mol. The molecule has 1 aromatic rings. The Balaban J connectivity index is 3.30. The lowest BCUT2D eigenvalue weighted by Gasteiger charge is -2.38. The summed E-state index contributed by atoms with van der Waals surface area (Å²) in [7, 11) is -2.18. The minimum atomic E-state index is -3.19. The second kappa shape index (κ2) is 7.28. The Bertz CT molecular complexity index is 606. The summed E-state index contributed by atoms with van der Waals surface area (Å²) in [4.78, 5) is 0. The van der Waals surface area contributed by atoms with Gasteiger partial charge >= 0.3 is 5.92 Å². The molecule has 1 nitrogen and oxygen atoms in total. The van der Waals surface area contributed by atoms with E-state index in [0.717, 1.165) is 0 Å². The van der Waals surface area contributed by atoms with Crippen LogP contribution >= 0.6 is 0 Å². The molecule has 0 aliphatic heterocycles. The summed E-state index contributed by atoms with van der Waals surface area (Å²) in [5.74, 6) is -0.896. The maximum Gasteiger partial charge on any atom is 0.333 e. The van der Waals surface area contributed by atoms with Gasteiger partial charge < -0.3 is 0 Å². The molecule has 0 fully saturated rings. The van der Waals surface area contributed by atoms with E-state index in [1.165, 1.54) is 24.3 Å². The van der Waals surface area contributed by atoms with Gasteiger partial charge in [0, 0.05) is 5.56 Å². The topological polar surface area (TPSA) is 23.8 Å². The van der Waals surface area contributed by atoms with E-state index in [1.807, 2.05) is 6.07 Å². The van der Waals surface area contributed by atoms with Crippen LogP contribution in [0.1, 0.15) is 52.7 Å². The van der Waals surface area contributed by atoms with Crippen LogP contribution in [0.15, 0.2) is 24.3 Å². The number of halogens is 2. The number of nitriles is 1. The largest absolute Gasteiger partial charge is 0.333 e. The van der Waals surface area contributed by atoms with Gasteiger partial charge in [-0.2, -0.15) is 14.0 Å². The van der Waals surface area contributed by atoms with Gasteiger partial charge in [-0.1, -0.05) is 53.7 Å². The molecule has 0 heterocycles. The van der Waals surface area contributed by atoms with E-state index in [9.17, 15) is 8.78 Å². The van der Waals surface area contributed by atoms with Crippen LogP contribution in [-0.2, 0) is 5.92 Å². The summed E-state index contributed by atoms with van der Waals surface area (Å²) < 4.78 is 29.0. The van der Waals surface area contributed by atoms with Crippen molar-refractivity contribution in [2.45, 2.75) is 64.1 Å². The lowest BCUT2D eigenvalue weighted by molar-refractivity contribution is 0.0639. The molecule has 0 N–H and O–H groups in total. The fourth-order valence-electron chi connectivity index (χ4n) is 3.45. The zero-order valence-corrected chi connectivity index (χ0v) is 15.7. The minimum Gasteiger partial charge on any atom is -0.192 e. The third kappa shape index (κ3) is 4.01. The summed E-state index contributed by atoms with van der Waals surface area (Å²) in [6, 6.07) is 7.32. The lowest BCUT2D eigenvalue weighted by atomic mass is 10.1. The van der Waals surface area contributed by atoms with Gasteiger partial charge in [0.2, 0.25) is 0 Å². The molecule has 0 aliphatic rings. The molecule has 0 spiro atoms. The third-order valence-corrected chi connectivity index (χ3v) is 11.0. The zero-order valence-electron chi connectivity index (χ0n) is 14.7. The first-order chi connectivity index (χ1) is 10.6. The van der Waals surface area contributed by atoms with Crippen molar-refractivity contribution in [1.29, 1.82) is 5.26 Å². The van der Waals surface area contributed by atoms with E-state index in [4.69, 9.17) is 5.26 Å². The van der Waals surface area contributed by atoms with Gasteiger partial charge in [-0.25, -0.2) is 0 Å². The van der Waals surface area contributed by atoms with Crippen molar-refractivity contribution >= 4 is 8.07 Å². The van der Waals surface area contributed by atoms with E-state index in [2.05, 4.69) is 53.0 Å². The minimum absolute atomic E-state index is 0.150. The Morgan fingerprint density at radius 1 is 0.913 bits per heavy atom. The average molecular weight is 333 g/mol. The molecule has 0 aromatic heterocycles. The van der Waals surface area contributed by atoms with Gasteiger partial charge in [0.05, 0.1) is 11.6 Å². The van der Waals surface area contributed by atoms with Crippen LogP contribution in [-0.4, -0.2) is 8.07 Å². The molecule has 0 unspecified atom stereocenters. The molecule has 0 saturated heterocycles. The highest BCUT2D eigenvalue weighted by atomic mass is 28.3. The van der Waals surface area contributed by atoms with E-state index >= 15 is 0 Å². The van der Waals surface area contributed by atoms with E-state index in [0.29, 0.717) is 22.2 Å². The summed E-state index contributed by atoms with van der Waals surface area (Å²) in [6.45, 7) is 12.6. The molecule has 1 rings (SSSR count). The molecule has 1 aromatic carbocycles. The van der Waals surface area contributed by atoms with Crippen LogP contribution in [0.3, 0.4) is 0 Å². The Morgan fingerprint density at radius 2 is 1.35 bits per heavy atom. The van der Waals surface area contributed by atoms with Crippen molar-refractivity contribution < 1.29 is 8.78 Å². The predicted molar refractivity (Wildman–Crippen MR) is 93.9 cm³/mol. The third-order valence-electron chi connectivity index (χ3n) is 4.68. The molecule has 23 heavy (non-hydrogen) atoms. The number of alkyl halides is 2. The summed E-state index contributed by atoms with van der Waals surface area (Å²) in [5.41, 5.74) is 4.23. The maximum atomic E-state index is 14.5. The maximum absolute atomic E-state index is 14.5. The quantitative estimate of drug-likeness (QED) is 0.499. The highest BCUT2D eigenvalue weighted by Crippen LogP contribution is 2.41. The van der Waals surface area contributed by atoms with Crippen LogP contribution in [0.25, 0.3) is 0 Å². The molecule has 4 heteroatoms. The second-order valence-corrected chi connectivity index (χ2v) is 12.5. The standard InChI is InChI=1S/C19H25F2NSi/c1-14(2)23(15(3)4,16(5)6)12-11-19(20,21)18-9-7-17(13-22)8-10-18/h7-10,14-16H,1-6H3. The highest BCUT2D eigenvalue weighted by Gasteiger charge is 2.42. The first-order valence-electron chi connectivity index (χ1n) is 8.00. The predicted octanol–water partition coefficient (Wildman–Crippen LogP) is 5.87. The lowest BCUT2D eigenvalue weighted by Crippen LogP contribution is -2.43. The first kappa shape index (κ1) is 19.4. The fourth-order valence-corrected chi connectivity index (χ4v) is 8.69. The molecule has 124 valence electrons. The van der Waals surface area contributed by atoms with E-state index < -0.39 is 14.0 Å². The van der Waals surface area contributed by atoms with E-state index in [1.54, 1.807) is 0 Å². The van der Waals surface area contributed by atoms with Gasteiger partial charge in [0.1, 0.15) is 8.07 Å². The van der Waals surface area contributed by atoms with Crippen molar-refractivity contribution in [3.05, 3.63) is 35.4 Å². The first-order valence-corrected chi connectivity index (χ1v) is 10.2. The van der Waals surface area contributed by atoms with Gasteiger partial charge in [0.15, 0.2) is 0 Å². The Kier molecular flexibility index (Phi) is 6.14. The summed E-state index contributed by atoms with van der Waals surface area (Å²) in [5, 5.41) is 8.76. The average Bonchev–Trinajstić information content (AvgIpc) is 2.46. The second-order valence-electron chi connectivity index (χ2n) is 6.91. The van der Waals surface area contributed by atoms with Crippen molar-refractivity contribution in [2.24, 2.45) is 0 Å². The number of benzene rings is 1. The van der Waals surface area contributed by atoms with Crippen LogP contribution < -0.4 is 0 Å². The molecule has 0 amide bonds. The number of nitrogens with zero attached hydrogens (tertiary/aromatic N) is 1. The van der Waals surface area contributed by atoms with Gasteiger partial charge in [0.25, 0.3) is 0 Å². The molecule has 0 bridgehead atoms. The van der Waals surface area contributed by atoms with Gasteiger partial charge in [-0.15, -0.1) is 5.54 Å². The molecule has 0 saturated carbocycles. The van der Waals surface area contributed by atoms with Gasteiger partial charge in [-0.05, 0) is 34.7 Å². The Labute approximate surface area is 139 Å². The summed E-state index contributed by atoms with van der Waals surface area (Å²) in [6.07, 6.45) is 0. The number of hydrogen-bond donors (Lipinski definition) is 0. The Hall–Kier alpha value is -1.65. The fraction of sp³-hybridized carbons (Fsp3) is 0.526. The van der Waals surface area contributed by atoms with Crippen LogP contribution in [0, 0.1) is 22.8 Å². The van der Waals surface area contributed by atoms with Crippen molar-refractivity contribution in [1.82, 2.24) is 0 Å². The van der Waals surface area contributed by atoms with Crippen LogP contribution in [0.2, 0.25) is 16.6 Å². The summed E-state index contributed by atoms with van der Waals surface area (Å²) >= 11 is 0. The van der Waals surface area contributed by atoms with Crippen LogP contribution in [0.4, 0.5) is 8.78 Å². The molecule has 0 atom stereocenters. The normalized spacial score (nSPS) is 12.3. The molecular formula is C19H25F2NSi. The van der Waals surface area contributed by atoms with Gasteiger partial charge in [-0.3, -0.25) is 0 Å².